The third-order valence-electron chi connectivity index (χ3n) is 6.53. The Labute approximate surface area is 211 Å². The molecule has 0 radical (unpaired) electrons. The summed E-state index contributed by atoms with van der Waals surface area (Å²) >= 11 is 0. The van der Waals surface area contributed by atoms with Crippen molar-refractivity contribution in [1.82, 2.24) is 10.2 Å². The summed E-state index contributed by atoms with van der Waals surface area (Å²) in [4.78, 5) is 12.0. The Kier molecular flexibility index (Phi) is 13.7. The number of aromatic amines is 1. The first kappa shape index (κ1) is 28.5. The first-order valence-corrected chi connectivity index (χ1v) is 13.2. The Morgan fingerprint density at radius 3 is 1.77 bits per heavy atom. The number of hydrogen-bond donors (Lipinski definition) is 2. The Morgan fingerprint density at radius 1 is 0.800 bits per heavy atom. The van der Waals surface area contributed by atoms with Gasteiger partial charge in [0.05, 0.1) is 27.5 Å². The molecular weight excluding hydrogens is 442 g/mol. The van der Waals surface area contributed by atoms with Gasteiger partial charge in [-0.1, -0.05) is 64.2 Å². The fraction of sp³-hybridized carbons (Fsp3) is 0.643. The van der Waals surface area contributed by atoms with Crippen molar-refractivity contribution in [3.05, 3.63) is 29.5 Å². The van der Waals surface area contributed by atoms with E-state index < -0.39 is 0 Å². The number of hydrogen-bond acceptors (Lipinski definition) is 6. The number of rotatable bonds is 20. The minimum absolute atomic E-state index is 0.251. The third-order valence-corrected chi connectivity index (χ3v) is 6.53. The quantitative estimate of drug-likeness (QED) is 0.208. The topological polar surface area (TPSA) is 99.5 Å². The first-order valence-electron chi connectivity index (χ1n) is 13.2. The van der Waals surface area contributed by atoms with E-state index in [-0.39, 0.29) is 5.78 Å². The number of ketones is 1. The number of carbonyl (C=O) groups is 1. The lowest BCUT2D eigenvalue weighted by Crippen LogP contribution is -2.03. The summed E-state index contributed by atoms with van der Waals surface area (Å²) in [6.45, 7) is 0. The van der Waals surface area contributed by atoms with Crippen molar-refractivity contribution in [3.63, 3.8) is 0 Å². The van der Waals surface area contributed by atoms with E-state index in [1.165, 1.54) is 69.8 Å². The van der Waals surface area contributed by atoms with Crippen LogP contribution in [0.4, 0.5) is 5.82 Å². The molecule has 7 nitrogen and oxygen atoms in total. The van der Waals surface area contributed by atoms with Gasteiger partial charge in [0.15, 0.2) is 11.5 Å². The number of ether oxygens (including phenoxy) is 3. The van der Waals surface area contributed by atoms with Gasteiger partial charge < -0.3 is 19.9 Å². The smallest absolute Gasteiger partial charge is 0.203 e. The average Bonchev–Trinajstić information content (AvgIpc) is 3.27. The van der Waals surface area contributed by atoms with Crippen LogP contribution in [-0.2, 0) is 17.6 Å². The molecule has 2 aromatic rings. The highest BCUT2D eigenvalue weighted by atomic mass is 16.5. The summed E-state index contributed by atoms with van der Waals surface area (Å²) in [5.74, 6) is 2.87. The van der Waals surface area contributed by atoms with Crippen LogP contribution < -0.4 is 19.9 Å². The Morgan fingerprint density at radius 2 is 1.31 bits per heavy atom. The number of nitrogens with two attached hydrogens (primary N) is 1. The number of Topliss-reactive ketones (excluding diaryl/α,β-unsaturated/α-hetero) is 1. The number of anilines is 1. The number of nitrogen functional groups attached to an aromatic ring is 1. The summed E-state index contributed by atoms with van der Waals surface area (Å²) in [5, 5.41) is 6.53. The molecule has 0 fully saturated rings. The first-order chi connectivity index (χ1) is 17.1. The molecule has 0 amide bonds. The Hall–Kier alpha value is -2.70. The number of methoxy groups -OCH3 is 3. The van der Waals surface area contributed by atoms with E-state index in [1.807, 2.05) is 0 Å². The molecule has 7 heteroatoms. The van der Waals surface area contributed by atoms with Crippen molar-refractivity contribution in [2.75, 3.05) is 27.1 Å². The highest BCUT2D eigenvalue weighted by Gasteiger charge is 2.13. The Bertz CT molecular complexity index is 841. The van der Waals surface area contributed by atoms with Crippen molar-refractivity contribution < 1.29 is 19.0 Å². The minimum Gasteiger partial charge on any atom is -0.493 e. The van der Waals surface area contributed by atoms with Crippen LogP contribution in [0, 0.1) is 0 Å². The second kappa shape index (κ2) is 16.8. The second-order valence-electron chi connectivity index (χ2n) is 9.30. The molecule has 3 N–H and O–H groups in total. The van der Waals surface area contributed by atoms with Gasteiger partial charge in [0.25, 0.3) is 0 Å². The summed E-state index contributed by atoms with van der Waals surface area (Å²) in [5.41, 5.74) is 7.77. The van der Waals surface area contributed by atoms with E-state index >= 15 is 0 Å². The summed E-state index contributed by atoms with van der Waals surface area (Å²) in [6, 6.07) is 4.10. The molecule has 0 saturated carbocycles. The van der Waals surface area contributed by atoms with E-state index in [2.05, 4.69) is 22.3 Å². The molecule has 0 aliphatic rings. The lowest BCUT2D eigenvalue weighted by Gasteiger charge is -2.14. The van der Waals surface area contributed by atoms with Gasteiger partial charge in [-0.15, -0.1) is 0 Å². The predicted molar refractivity (Wildman–Crippen MR) is 142 cm³/mol. The summed E-state index contributed by atoms with van der Waals surface area (Å²) in [7, 11) is 4.95. The number of nitrogens with zero attached hydrogens (tertiary/aromatic N) is 1. The van der Waals surface area contributed by atoms with Crippen molar-refractivity contribution >= 4 is 11.6 Å². The number of benzene rings is 1. The van der Waals surface area contributed by atoms with Gasteiger partial charge in [-0.25, -0.2) is 0 Å². The number of nitrogens with one attached hydrogen (secondary N) is 1. The van der Waals surface area contributed by atoms with Crippen LogP contribution in [0.25, 0.3) is 0 Å². The molecule has 1 heterocycles. The largest absolute Gasteiger partial charge is 0.493 e. The molecule has 196 valence electrons. The lowest BCUT2D eigenvalue weighted by molar-refractivity contribution is -0.118. The van der Waals surface area contributed by atoms with E-state index in [4.69, 9.17) is 19.9 Å². The molecule has 1 aromatic heterocycles. The van der Waals surface area contributed by atoms with E-state index in [9.17, 15) is 4.79 Å². The average molecular weight is 488 g/mol. The molecule has 35 heavy (non-hydrogen) atoms. The van der Waals surface area contributed by atoms with Gasteiger partial charge in [0.1, 0.15) is 11.6 Å². The molecule has 1 aromatic carbocycles. The third kappa shape index (κ3) is 10.6. The standard InChI is InChI=1S/C28H45N3O4/c1-33-25-18-22(19-26(34-2)27(25)35-3)16-14-12-10-8-6-4-5-7-9-11-13-15-17-24(32)20-23-21-30-31-28(23)29/h18-19,21H,4-17,20H2,1-3H3,(H3,29,30,31). The molecule has 2 rings (SSSR count). The Balaban J connectivity index is 1.41. The van der Waals surface area contributed by atoms with Crippen LogP contribution in [0.2, 0.25) is 0 Å². The van der Waals surface area contributed by atoms with Crippen LogP contribution in [-0.4, -0.2) is 37.3 Å². The number of unbranched alkanes of at least 4 members (excludes halogenated alkanes) is 11. The number of carbonyl (C=O) groups excluding carboxylic acids is 1. The zero-order valence-corrected chi connectivity index (χ0v) is 22.0. The van der Waals surface area contributed by atoms with E-state index in [0.29, 0.717) is 24.4 Å². The lowest BCUT2D eigenvalue weighted by atomic mass is 10.0. The zero-order chi connectivity index (χ0) is 25.3. The maximum absolute atomic E-state index is 12.0. The molecule has 0 aliphatic heterocycles. The van der Waals surface area contributed by atoms with Crippen LogP contribution in [0.1, 0.15) is 94.6 Å². The number of aromatic nitrogens is 2. The molecule has 0 aliphatic carbocycles. The molecule has 0 spiro atoms. The van der Waals surface area contributed by atoms with Gasteiger partial charge in [-0.2, -0.15) is 5.10 Å². The number of aryl methyl sites for hydroxylation is 1. The van der Waals surface area contributed by atoms with E-state index in [1.54, 1.807) is 27.5 Å². The highest BCUT2D eigenvalue weighted by Crippen LogP contribution is 2.38. The van der Waals surface area contributed by atoms with Crippen molar-refractivity contribution in [2.24, 2.45) is 0 Å². The van der Waals surface area contributed by atoms with Gasteiger partial charge >= 0.3 is 0 Å². The second-order valence-corrected chi connectivity index (χ2v) is 9.30. The number of H-pyrrole nitrogens is 1. The molecule has 0 atom stereocenters. The van der Waals surface area contributed by atoms with Gasteiger partial charge in [0, 0.05) is 18.4 Å². The maximum Gasteiger partial charge on any atom is 0.203 e. The van der Waals surface area contributed by atoms with Gasteiger partial charge in [0.2, 0.25) is 5.75 Å². The minimum atomic E-state index is 0.251. The summed E-state index contributed by atoms with van der Waals surface area (Å²) < 4.78 is 16.3. The van der Waals surface area contributed by atoms with Crippen LogP contribution in [0.3, 0.4) is 0 Å². The fourth-order valence-electron chi connectivity index (χ4n) is 4.46. The van der Waals surface area contributed by atoms with Crippen LogP contribution in [0.15, 0.2) is 18.3 Å². The molecular formula is C28H45N3O4. The molecule has 0 saturated heterocycles. The highest BCUT2D eigenvalue weighted by molar-refractivity contribution is 5.81. The predicted octanol–water partition coefficient (Wildman–Crippen LogP) is 6.44. The fourth-order valence-corrected chi connectivity index (χ4v) is 4.46. The van der Waals surface area contributed by atoms with Gasteiger partial charge in [-0.05, 0) is 37.0 Å². The summed E-state index contributed by atoms with van der Waals surface area (Å²) in [6.07, 6.45) is 18.7. The van der Waals surface area contributed by atoms with Crippen molar-refractivity contribution in [1.29, 1.82) is 0 Å². The van der Waals surface area contributed by atoms with Crippen molar-refractivity contribution in [3.8, 4) is 17.2 Å². The van der Waals surface area contributed by atoms with Gasteiger partial charge in [-0.3, -0.25) is 9.89 Å². The van der Waals surface area contributed by atoms with Crippen LogP contribution >= 0.6 is 0 Å². The van der Waals surface area contributed by atoms with Crippen molar-refractivity contribution in [2.45, 2.75) is 96.3 Å². The normalized spacial score (nSPS) is 10.9. The molecule has 0 unspecified atom stereocenters. The molecule has 0 bridgehead atoms. The SMILES string of the molecule is COc1cc(CCCCCCCCCCCCCCC(=O)Cc2cn[nH]c2N)cc(OC)c1OC. The van der Waals surface area contributed by atoms with E-state index in [0.717, 1.165) is 36.3 Å². The zero-order valence-electron chi connectivity index (χ0n) is 22.0. The van der Waals surface area contributed by atoms with Crippen LogP contribution in [0.5, 0.6) is 17.2 Å². The maximum atomic E-state index is 12.0. The monoisotopic (exact) mass is 487 g/mol.